The molecule has 0 aliphatic carbocycles. The Balaban J connectivity index is 2.08. The number of hydrogen-bond acceptors (Lipinski definition) is 6. The molecular weight excluding hydrogens is 250 g/mol. The molecular formula is C11H9N5OS. The van der Waals surface area contributed by atoms with Gasteiger partial charge in [-0.05, 0) is 12.1 Å². The van der Waals surface area contributed by atoms with Gasteiger partial charge in [-0.15, -0.1) is 10.2 Å². The first-order chi connectivity index (χ1) is 8.74. The quantitative estimate of drug-likeness (QED) is 0.738. The number of rotatable bonds is 2. The van der Waals surface area contributed by atoms with E-state index < -0.39 is 0 Å². The van der Waals surface area contributed by atoms with Gasteiger partial charge in [-0.2, -0.15) is 0 Å². The maximum absolute atomic E-state index is 12.2. The summed E-state index contributed by atoms with van der Waals surface area (Å²) in [5.41, 5.74) is 6.10. The van der Waals surface area contributed by atoms with Crippen LogP contribution in [-0.4, -0.2) is 19.7 Å². The Morgan fingerprint density at radius 3 is 2.89 bits per heavy atom. The van der Waals surface area contributed by atoms with Crippen LogP contribution in [0.4, 0.5) is 5.13 Å². The summed E-state index contributed by atoms with van der Waals surface area (Å²) < 4.78 is 1.50. The van der Waals surface area contributed by atoms with Gasteiger partial charge in [0, 0.05) is 0 Å². The lowest BCUT2D eigenvalue weighted by atomic mass is 10.2. The largest absolute Gasteiger partial charge is 0.374 e. The molecule has 2 aromatic heterocycles. The van der Waals surface area contributed by atoms with Crippen molar-refractivity contribution in [2.24, 2.45) is 0 Å². The third-order valence-corrected chi connectivity index (χ3v) is 3.26. The van der Waals surface area contributed by atoms with Crippen molar-refractivity contribution in [3.63, 3.8) is 0 Å². The molecule has 3 aromatic rings. The van der Waals surface area contributed by atoms with Crippen LogP contribution >= 0.6 is 11.3 Å². The molecule has 0 saturated heterocycles. The van der Waals surface area contributed by atoms with Crippen molar-refractivity contribution in [2.75, 3.05) is 5.73 Å². The molecule has 0 bridgehead atoms. The van der Waals surface area contributed by atoms with E-state index in [9.17, 15) is 4.79 Å². The zero-order valence-electron chi connectivity index (χ0n) is 9.28. The van der Waals surface area contributed by atoms with Gasteiger partial charge in [-0.1, -0.05) is 23.5 Å². The molecule has 0 aliphatic rings. The van der Waals surface area contributed by atoms with E-state index in [2.05, 4.69) is 15.2 Å². The van der Waals surface area contributed by atoms with Gasteiger partial charge in [-0.3, -0.25) is 9.36 Å². The minimum atomic E-state index is -0.0885. The molecule has 2 N–H and O–H groups in total. The molecule has 1 aromatic carbocycles. The SMILES string of the molecule is Nc1nnc(Cn2cnc3ccccc3c2=O)s1. The summed E-state index contributed by atoms with van der Waals surface area (Å²) in [5, 5.41) is 9.28. The Hall–Kier alpha value is -2.28. The number of hydrogen-bond donors (Lipinski definition) is 1. The summed E-state index contributed by atoms with van der Waals surface area (Å²) in [4.78, 5) is 16.4. The fraction of sp³-hybridized carbons (Fsp3) is 0.0909. The van der Waals surface area contributed by atoms with Gasteiger partial charge in [0.2, 0.25) is 5.13 Å². The summed E-state index contributed by atoms with van der Waals surface area (Å²) in [6, 6.07) is 7.24. The number of nitrogen functional groups attached to an aromatic ring is 1. The third kappa shape index (κ3) is 1.84. The maximum Gasteiger partial charge on any atom is 0.261 e. The second kappa shape index (κ2) is 4.19. The summed E-state index contributed by atoms with van der Waals surface area (Å²) >= 11 is 1.26. The Morgan fingerprint density at radius 2 is 2.11 bits per heavy atom. The van der Waals surface area contributed by atoms with E-state index >= 15 is 0 Å². The van der Waals surface area contributed by atoms with Crippen molar-refractivity contribution in [3.8, 4) is 0 Å². The second-order valence-corrected chi connectivity index (χ2v) is 4.82. The molecule has 3 rings (SSSR count). The van der Waals surface area contributed by atoms with E-state index in [0.29, 0.717) is 27.6 Å². The highest BCUT2D eigenvalue weighted by molar-refractivity contribution is 7.15. The minimum absolute atomic E-state index is 0.0885. The van der Waals surface area contributed by atoms with Gasteiger partial charge >= 0.3 is 0 Å². The van der Waals surface area contributed by atoms with Crippen LogP contribution in [0.1, 0.15) is 5.01 Å². The summed E-state index contributed by atoms with van der Waals surface area (Å²) in [6.45, 7) is 0.339. The highest BCUT2D eigenvalue weighted by Gasteiger charge is 2.06. The molecule has 0 radical (unpaired) electrons. The highest BCUT2D eigenvalue weighted by Crippen LogP contribution is 2.12. The lowest BCUT2D eigenvalue weighted by Gasteiger charge is -2.03. The predicted octanol–water partition coefficient (Wildman–Crippen LogP) is 0.878. The minimum Gasteiger partial charge on any atom is -0.374 e. The van der Waals surface area contributed by atoms with Gasteiger partial charge in [0.1, 0.15) is 5.01 Å². The average Bonchev–Trinajstić information content (AvgIpc) is 2.79. The summed E-state index contributed by atoms with van der Waals surface area (Å²) in [7, 11) is 0. The molecule has 0 aliphatic heterocycles. The number of anilines is 1. The Kier molecular flexibility index (Phi) is 2.52. The first-order valence-electron chi connectivity index (χ1n) is 5.26. The summed E-state index contributed by atoms with van der Waals surface area (Å²) in [6.07, 6.45) is 1.52. The number of para-hydroxylation sites is 1. The van der Waals surface area contributed by atoms with Crippen molar-refractivity contribution >= 4 is 27.4 Å². The van der Waals surface area contributed by atoms with E-state index in [1.807, 2.05) is 18.2 Å². The van der Waals surface area contributed by atoms with Crippen LogP contribution in [0.5, 0.6) is 0 Å². The van der Waals surface area contributed by atoms with Gasteiger partial charge in [0.05, 0.1) is 23.8 Å². The number of benzene rings is 1. The third-order valence-electron chi connectivity index (χ3n) is 2.52. The average molecular weight is 259 g/mol. The Labute approximate surface area is 106 Å². The molecule has 2 heterocycles. The van der Waals surface area contributed by atoms with Gasteiger partial charge in [0.15, 0.2) is 0 Å². The van der Waals surface area contributed by atoms with E-state index in [4.69, 9.17) is 5.73 Å². The molecule has 0 unspecified atom stereocenters. The van der Waals surface area contributed by atoms with Gasteiger partial charge in [-0.25, -0.2) is 4.98 Å². The fourth-order valence-corrected chi connectivity index (χ4v) is 2.30. The number of nitrogens with zero attached hydrogens (tertiary/aromatic N) is 4. The molecule has 0 fully saturated rings. The maximum atomic E-state index is 12.2. The van der Waals surface area contributed by atoms with Crippen LogP contribution in [0.15, 0.2) is 35.4 Å². The smallest absolute Gasteiger partial charge is 0.261 e. The predicted molar refractivity (Wildman–Crippen MR) is 69.4 cm³/mol. The lowest BCUT2D eigenvalue weighted by Crippen LogP contribution is -2.21. The normalized spacial score (nSPS) is 10.9. The van der Waals surface area contributed by atoms with Crippen molar-refractivity contribution in [1.29, 1.82) is 0 Å². The van der Waals surface area contributed by atoms with Crippen LogP contribution in [0.25, 0.3) is 10.9 Å². The van der Waals surface area contributed by atoms with Crippen LogP contribution < -0.4 is 11.3 Å². The Morgan fingerprint density at radius 1 is 1.28 bits per heavy atom. The topological polar surface area (TPSA) is 86.7 Å². The van der Waals surface area contributed by atoms with Gasteiger partial charge < -0.3 is 5.73 Å². The number of aromatic nitrogens is 4. The standard InChI is InChI=1S/C11H9N5OS/c12-11-15-14-9(18-11)5-16-6-13-8-4-2-1-3-7(8)10(16)17/h1-4,6H,5H2,(H2,12,15). The van der Waals surface area contributed by atoms with Crippen molar-refractivity contribution in [3.05, 3.63) is 46.0 Å². The Bertz CT molecular complexity index is 763. The van der Waals surface area contributed by atoms with Crippen LogP contribution in [-0.2, 0) is 6.54 Å². The molecule has 0 spiro atoms. The molecule has 18 heavy (non-hydrogen) atoms. The van der Waals surface area contributed by atoms with Crippen LogP contribution in [0, 0.1) is 0 Å². The van der Waals surface area contributed by atoms with Crippen molar-refractivity contribution in [1.82, 2.24) is 19.7 Å². The molecule has 90 valence electrons. The molecule has 0 saturated carbocycles. The van der Waals surface area contributed by atoms with E-state index in [-0.39, 0.29) is 5.56 Å². The second-order valence-electron chi connectivity index (χ2n) is 3.73. The van der Waals surface area contributed by atoms with E-state index in [1.54, 1.807) is 6.07 Å². The lowest BCUT2D eigenvalue weighted by molar-refractivity contribution is 0.734. The molecule has 0 atom stereocenters. The van der Waals surface area contributed by atoms with Crippen LogP contribution in [0.3, 0.4) is 0 Å². The molecule has 0 amide bonds. The number of fused-ring (bicyclic) bond motifs is 1. The van der Waals surface area contributed by atoms with E-state index in [1.165, 1.54) is 22.2 Å². The first kappa shape index (κ1) is 10.8. The molecule has 6 nitrogen and oxygen atoms in total. The van der Waals surface area contributed by atoms with Crippen molar-refractivity contribution < 1.29 is 0 Å². The highest BCUT2D eigenvalue weighted by atomic mass is 32.1. The summed E-state index contributed by atoms with van der Waals surface area (Å²) in [5.74, 6) is 0. The van der Waals surface area contributed by atoms with Crippen molar-refractivity contribution in [2.45, 2.75) is 6.54 Å². The van der Waals surface area contributed by atoms with Crippen LogP contribution in [0.2, 0.25) is 0 Å². The molecule has 7 heteroatoms. The van der Waals surface area contributed by atoms with E-state index in [0.717, 1.165) is 0 Å². The monoisotopic (exact) mass is 259 g/mol. The number of nitrogens with two attached hydrogens (primary N) is 1. The van der Waals surface area contributed by atoms with Gasteiger partial charge in [0.25, 0.3) is 5.56 Å². The zero-order valence-corrected chi connectivity index (χ0v) is 10.1. The fourth-order valence-electron chi connectivity index (χ4n) is 1.69. The first-order valence-corrected chi connectivity index (χ1v) is 6.08. The zero-order chi connectivity index (χ0) is 12.5.